The number of thioether (sulfide) groups is 1. The van der Waals surface area contributed by atoms with Gasteiger partial charge >= 0.3 is 5.97 Å². The van der Waals surface area contributed by atoms with Gasteiger partial charge in [0.2, 0.25) is 23.6 Å². The van der Waals surface area contributed by atoms with Crippen molar-refractivity contribution in [1.29, 1.82) is 0 Å². The van der Waals surface area contributed by atoms with E-state index in [1.165, 1.54) is 7.11 Å². The van der Waals surface area contributed by atoms with Gasteiger partial charge in [-0.2, -0.15) is 0 Å². The highest BCUT2D eigenvalue weighted by Crippen LogP contribution is 2.35. The molecule has 3 aromatic rings. The van der Waals surface area contributed by atoms with Crippen molar-refractivity contribution >= 4 is 53.0 Å². The van der Waals surface area contributed by atoms with E-state index in [0.717, 1.165) is 42.4 Å². The van der Waals surface area contributed by atoms with Crippen molar-refractivity contribution in [2.24, 2.45) is 11.8 Å². The average molecular weight is 801 g/mol. The molecule has 3 heterocycles. The molecular formula is C44H53ClN4O6S. The van der Waals surface area contributed by atoms with E-state index in [9.17, 15) is 24.0 Å². The molecule has 0 aliphatic carbocycles. The first-order chi connectivity index (χ1) is 27.2. The molecule has 3 aromatic carbocycles. The highest BCUT2D eigenvalue weighted by atomic mass is 35.5. The number of carbonyl (C=O) groups excluding carboxylic acids is 5. The van der Waals surface area contributed by atoms with Crippen molar-refractivity contribution in [2.45, 2.75) is 101 Å². The predicted octanol–water partition coefficient (Wildman–Crippen LogP) is 6.34. The summed E-state index contributed by atoms with van der Waals surface area (Å²) in [4.78, 5) is 72.7. The van der Waals surface area contributed by atoms with Crippen molar-refractivity contribution in [1.82, 2.24) is 20.4 Å². The van der Waals surface area contributed by atoms with E-state index in [0.29, 0.717) is 68.8 Å². The number of nitrogens with one attached hydrogen (secondary N) is 2. The van der Waals surface area contributed by atoms with Gasteiger partial charge in [-0.1, -0.05) is 90.5 Å². The molecule has 298 valence electrons. The summed E-state index contributed by atoms with van der Waals surface area (Å²) in [6.07, 6.45) is 6.42. The van der Waals surface area contributed by atoms with E-state index in [4.69, 9.17) is 16.3 Å². The fraction of sp³-hybridized carbons (Fsp3) is 0.477. The standard InChI is InChI=1S/C44H53ClN4O6S/c1-55-44(54)38-20-12-21-39-49(38)43(53)37(24-26-56-39)47-41(51)33(28-31-15-6-3-7-16-31)23-22-32(27-30-13-4-2-5-14-30)40(50)46-36-19-10-11-25-48(42(36)52)29-34-17-8-9-18-35(34)45/h2-9,13-18,32-33,36-39H,10-12,19-29H2,1H3,(H,46,50)(H,47,51)/t32-,33-,36+,37+,38+,39+/m1/s1. The van der Waals surface area contributed by atoms with Crippen LogP contribution in [0.2, 0.25) is 5.02 Å². The maximum absolute atomic E-state index is 14.3. The summed E-state index contributed by atoms with van der Waals surface area (Å²) in [5, 5.41) is 6.69. The number of likely N-dealkylation sites (tertiary alicyclic amines) is 1. The van der Waals surface area contributed by atoms with Crippen molar-refractivity contribution in [3.8, 4) is 0 Å². The first-order valence-electron chi connectivity index (χ1n) is 19.9. The summed E-state index contributed by atoms with van der Waals surface area (Å²) in [6, 6.07) is 24.9. The molecule has 2 N–H and O–H groups in total. The monoisotopic (exact) mass is 800 g/mol. The van der Waals surface area contributed by atoms with E-state index < -0.39 is 35.9 Å². The van der Waals surface area contributed by atoms with Gasteiger partial charge in [-0.25, -0.2) is 4.79 Å². The Kier molecular flexibility index (Phi) is 14.9. The van der Waals surface area contributed by atoms with E-state index >= 15 is 0 Å². The molecule has 6 atom stereocenters. The Morgan fingerprint density at radius 3 is 1.95 bits per heavy atom. The zero-order valence-corrected chi connectivity index (χ0v) is 33.6. The summed E-state index contributed by atoms with van der Waals surface area (Å²) in [6.45, 7) is 0.961. The topological polar surface area (TPSA) is 125 Å². The van der Waals surface area contributed by atoms with Gasteiger partial charge in [0, 0.05) is 29.9 Å². The van der Waals surface area contributed by atoms with Crippen LogP contribution in [0.15, 0.2) is 84.9 Å². The van der Waals surface area contributed by atoms with Gasteiger partial charge < -0.3 is 25.2 Å². The van der Waals surface area contributed by atoms with Crippen LogP contribution in [0.25, 0.3) is 0 Å². The molecule has 3 saturated heterocycles. The number of fused-ring (bicyclic) bond motifs is 1. The Balaban J connectivity index is 1.19. The molecule has 3 aliphatic rings. The van der Waals surface area contributed by atoms with Gasteiger partial charge in [0.05, 0.1) is 12.5 Å². The molecule has 10 nitrogen and oxygen atoms in total. The van der Waals surface area contributed by atoms with E-state index in [1.54, 1.807) is 21.6 Å². The molecule has 4 amide bonds. The van der Waals surface area contributed by atoms with Gasteiger partial charge in [-0.15, -0.1) is 11.8 Å². The molecule has 3 fully saturated rings. The molecule has 0 aromatic heterocycles. The van der Waals surface area contributed by atoms with Gasteiger partial charge in [0.25, 0.3) is 0 Å². The molecule has 0 radical (unpaired) electrons. The minimum atomic E-state index is -0.776. The minimum absolute atomic E-state index is 0.118. The normalized spacial score (nSPS) is 22.5. The largest absolute Gasteiger partial charge is 0.467 e. The SMILES string of the molecule is COC(=O)[C@@H]1CCC[C@@H]2SCC[C@H](NC(=O)[C@H](CC[C@H](Cc3ccccc3)C(=O)N[C@H]3CCCCN(Cc4ccccc4Cl)C3=O)Cc3ccccc3)C(=O)N21. The van der Waals surface area contributed by atoms with Crippen LogP contribution in [-0.2, 0) is 48.1 Å². The lowest BCUT2D eigenvalue weighted by Gasteiger charge is -2.40. The Hall–Kier alpha value is -4.35. The summed E-state index contributed by atoms with van der Waals surface area (Å²) >= 11 is 8.10. The highest BCUT2D eigenvalue weighted by Gasteiger charge is 2.44. The van der Waals surface area contributed by atoms with Crippen LogP contribution in [0.5, 0.6) is 0 Å². The molecule has 6 rings (SSSR count). The third kappa shape index (κ3) is 10.7. The van der Waals surface area contributed by atoms with Crippen LogP contribution in [0.1, 0.15) is 74.5 Å². The lowest BCUT2D eigenvalue weighted by Crippen LogP contribution is -2.57. The molecule has 0 unspecified atom stereocenters. The molecule has 0 saturated carbocycles. The molecule has 12 heteroatoms. The first-order valence-corrected chi connectivity index (χ1v) is 21.4. The molecular weight excluding hydrogens is 748 g/mol. The number of esters is 1. The third-order valence-electron chi connectivity index (χ3n) is 11.3. The van der Waals surface area contributed by atoms with E-state index in [-0.39, 0.29) is 29.0 Å². The second kappa shape index (κ2) is 20.2. The summed E-state index contributed by atoms with van der Waals surface area (Å²) in [5.41, 5.74) is 2.83. The zero-order valence-electron chi connectivity index (χ0n) is 32.1. The van der Waals surface area contributed by atoms with Crippen molar-refractivity contribution in [2.75, 3.05) is 19.4 Å². The number of rotatable bonds is 14. The van der Waals surface area contributed by atoms with Crippen molar-refractivity contribution < 1.29 is 28.7 Å². The molecule has 0 spiro atoms. The lowest BCUT2D eigenvalue weighted by atomic mass is 9.86. The number of piperidine rings is 1. The van der Waals surface area contributed by atoms with Crippen molar-refractivity contribution in [3.63, 3.8) is 0 Å². The number of methoxy groups -OCH3 is 1. The number of hydrogen-bond donors (Lipinski definition) is 2. The van der Waals surface area contributed by atoms with Crippen LogP contribution in [0, 0.1) is 11.8 Å². The van der Waals surface area contributed by atoms with E-state index in [1.807, 2.05) is 84.9 Å². The number of amides is 4. The van der Waals surface area contributed by atoms with Crippen LogP contribution in [0.3, 0.4) is 0 Å². The number of halogens is 1. The predicted molar refractivity (Wildman–Crippen MR) is 218 cm³/mol. The fourth-order valence-electron chi connectivity index (χ4n) is 8.21. The van der Waals surface area contributed by atoms with Gasteiger partial charge in [0.15, 0.2) is 0 Å². The maximum atomic E-state index is 14.3. The highest BCUT2D eigenvalue weighted by molar-refractivity contribution is 7.99. The van der Waals surface area contributed by atoms with Crippen LogP contribution >= 0.6 is 23.4 Å². The Morgan fingerprint density at radius 1 is 0.750 bits per heavy atom. The maximum Gasteiger partial charge on any atom is 0.328 e. The number of ether oxygens (including phenoxy) is 1. The molecule has 3 aliphatic heterocycles. The number of hydrogen-bond acceptors (Lipinski definition) is 7. The molecule has 0 bridgehead atoms. The number of nitrogens with zero attached hydrogens (tertiary/aromatic N) is 2. The second-order valence-corrected chi connectivity index (χ2v) is 16.8. The van der Waals surface area contributed by atoms with Gasteiger partial charge in [0.1, 0.15) is 18.1 Å². The van der Waals surface area contributed by atoms with Crippen LogP contribution in [0.4, 0.5) is 0 Å². The number of carbonyl (C=O) groups is 5. The van der Waals surface area contributed by atoms with Gasteiger partial charge in [-0.05, 0) is 99.1 Å². The Labute approximate surface area is 339 Å². The summed E-state index contributed by atoms with van der Waals surface area (Å²) in [5.74, 6) is -1.65. The smallest absolute Gasteiger partial charge is 0.328 e. The summed E-state index contributed by atoms with van der Waals surface area (Å²) < 4.78 is 5.07. The van der Waals surface area contributed by atoms with E-state index in [2.05, 4.69) is 10.6 Å². The third-order valence-corrected chi connectivity index (χ3v) is 13.0. The summed E-state index contributed by atoms with van der Waals surface area (Å²) in [7, 11) is 1.34. The fourth-order valence-corrected chi connectivity index (χ4v) is 9.79. The zero-order chi connectivity index (χ0) is 39.4. The van der Waals surface area contributed by atoms with Crippen molar-refractivity contribution in [3.05, 3.63) is 107 Å². The van der Waals surface area contributed by atoms with Crippen LogP contribution < -0.4 is 10.6 Å². The quantitative estimate of drug-likeness (QED) is 0.183. The first kappa shape index (κ1) is 41.3. The minimum Gasteiger partial charge on any atom is -0.467 e. The lowest BCUT2D eigenvalue weighted by molar-refractivity contribution is -0.156. The average Bonchev–Trinajstić information content (AvgIpc) is 3.49. The van der Waals surface area contributed by atoms with Gasteiger partial charge in [-0.3, -0.25) is 19.2 Å². The Bertz CT molecular complexity index is 1820. The second-order valence-electron chi connectivity index (χ2n) is 15.1. The molecule has 56 heavy (non-hydrogen) atoms. The van der Waals surface area contributed by atoms with Crippen LogP contribution in [-0.4, -0.2) is 82.3 Å². The Morgan fingerprint density at radius 2 is 1.34 bits per heavy atom. The number of benzene rings is 3.